The van der Waals surface area contributed by atoms with Gasteiger partial charge in [-0.05, 0) is 29.3 Å². The van der Waals surface area contributed by atoms with E-state index >= 15 is 0 Å². The van der Waals surface area contributed by atoms with Crippen LogP contribution in [0.15, 0.2) is 78.9 Å². The van der Waals surface area contributed by atoms with E-state index in [0.29, 0.717) is 16.3 Å². The van der Waals surface area contributed by atoms with Crippen LogP contribution in [0.4, 0.5) is 5.69 Å². The molecule has 134 valence electrons. The average molecular weight is 376 g/mol. The van der Waals surface area contributed by atoms with Gasteiger partial charge in [-0.3, -0.25) is 10.1 Å². The maximum absolute atomic E-state index is 12.4. The Hall–Kier alpha value is -3.13. The zero-order valence-corrected chi connectivity index (χ0v) is 15.3. The molecule has 0 radical (unpaired) electrons. The number of anilines is 1. The van der Waals surface area contributed by atoms with E-state index in [-0.39, 0.29) is 18.5 Å². The Morgan fingerprint density at radius 1 is 0.963 bits per heavy atom. The van der Waals surface area contributed by atoms with Crippen LogP contribution < -0.4 is 10.6 Å². The summed E-state index contributed by atoms with van der Waals surface area (Å²) >= 11 is 6.01. The zero-order chi connectivity index (χ0) is 19.1. The second kappa shape index (κ2) is 9.00. The van der Waals surface area contributed by atoms with Gasteiger partial charge in [-0.2, -0.15) is 5.26 Å². The van der Waals surface area contributed by atoms with Crippen molar-refractivity contribution in [3.05, 3.63) is 101 Å². The van der Waals surface area contributed by atoms with E-state index in [0.717, 1.165) is 11.1 Å². The van der Waals surface area contributed by atoms with Crippen LogP contribution >= 0.6 is 11.6 Å². The summed E-state index contributed by atoms with van der Waals surface area (Å²) in [5.74, 6) is -0.187. The fourth-order valence-electron chi connectivity index (χ4n) is 2.80. The third-order valence-corrected chi connectivity index (χ3v) is 4.42. The van der Waals surface area contributed by atoms with Crippen LogP contribution in [0.5, 0.6) is 0 Å². The number of amides is 1. The van der Waals surface area contributed by atoms with Crippen molar-refractivity contribution in [3.63, 3.8) is 0 Å². The van der Waals surface area contributed by atoms with Crippen molar-refractivity contribution in [3.8, 4) is 6.07 Å². The van der Waals surface area contributed by atoms with Crippen molar-refractivity contribution in [2.75, 3.05) is 11.9 Å². The monoisotopic (exact) mass is 375 g/mol. The van der Waals surface area contributed by atoms with E-state index in [9.17, 15) is 4.79 Å². The highest BCUT2D eigenvalue weighted by Gasteiger charge is 2.15. The number of rotatable bonds is 6. The Labute approximate surface area is 163 Å². The molecular formula is C22H18ClN3O. The lowest BCUT2D eigenvalue weighted by molar-refractivity contribution is -0.115. The number of nitriles is 1. The van der Waals surface area contributed by atoms with Crippen molar-refractivity contribution in [1.29, 1.82) is 5.26 Å². The van der Waals surface area contributed by atoms with E-state index < -0.39 is 0 Å². The van der Waals surface area contributed by atoms with E-state index in [1.165, 1.54) is 0 Å². The largest absolute Gasteiger partial charge is 0.325 e. The molecule has 0 fully saturated rings. The summed E-state index contributed by atoms with van der Waals surface area (Å²) in [5, 5.41) is 15.3. The predicted molar refractivity (Wildman–Crippen MR) is 108 cm³/mol. The Kier molecular flexibility index (Phi) is 6.22. The number of benzene rings is 3. The third-order valence-electron chi connectivity index (χ3n) is 4.11. The zero-order valence-electron chi connectivity index (χ0n) is 14.5. The summed E-state index contributed by atoms with van der Waals surface area (Å²) in [6.45, 7) is 0.131. The molecule has 0 spiro atoms. The molecular weight excluding hydrogens is 358 g/mol. The minimum atomic E-state index is -0.187. The third kappa shape index (κ3) is 4.95. The molecule has 0 atom stereocenters. The van der Waals surface area contributed by atoms with Crippen LogP contribution in [-0.2, 0) is 4.79 Å². The van der Waals surface area contributed by atoms with E-state index in [4.69, 9.17) is 16.9 Å². The molecule has 3 rings (SSSR count). The maximum Gasteiger partial charge on any atom is 0.238 e. The first-order chi connectivity index (χ1) is 13.2. The minimum absolute atomic E-state index is 0.0947. The van der Waals surface area contributed by atoms with Crippen molar-refractivity contribution >= 4 is 23.2 Å². The Morgan fingerprint density at radius 2 is 1.56 bits per heavy atom. The minimum Gasteiger partial charge on any atom is -0.325 e. The molecule has 0 aliphatic heterocycles. The number of nitrogens with one attached hydrogen (secondary N) is 2. The topological polar surface area (TPSA) is 64.9 Å². The van der Waals surface area contributed by atoms with E-state index in [1.54, 1.807) is 18.2 Å². The molecule has 0 bridgehead atoms. The summed E-state index contributed by atoms with van der Waals surface area (Å²) in [7, 11) is 0. The summed E-state index contributed by atoms with van der Waals surface area (Å²) in [6, 6.07) is 26.7. The van der Waals surface area contributed by atoms with Crippen LogP contribution in [0.2, 0.25) is 5.02 Å². The van der Waals surface area contributed by atoms with E-state index in [2.05, 4.69) is 10.6 Å². The first kappa shape index (κ1) is 18.7. The highest BCUT2D eigenvalue weighted by atomic mass is 35.5. The average Bonchev–Trinajstić information content (AvgIpc) is 2.70. The van der Waals surface area contributed by atoms with Gasteiger partial charge in [-0.1, -0.05) is 72.3 Å². The number of hydrogen-bond donors (Lipinski definition) is 2. The van der Waals surface area contributed by atoms with Gasteiger partial charge in [0.25, 0.3) is 0 Å². The predicted octanol–water partition coefficient (Wildman–Crippen LogP) is 4.53. The molecule has 1 amide bonds. The number of carbonyl (C=O) groups excluding carboxylic acids is 1. The quantitative estimate of drug-likeness (QED) is 0.665. The molecule has 0 aliphatic rings. The van der Waals surface area contributed by atoms with Gasteiger partial charge < -0.3 is 5.32 Å². The molecule has 0 heterocycles. The lowest BCUT2D eigenvalue weighted by atomic mass is 9.99. The van der Waals surface area contributed by atoms with Crippen molar-refractivity contribution < 1.29 is 4.79 Å². The molecule has 4 nitrogen and oxygen atoms in total. The molecule has 3 aromatic carbocycles. The van der Waals surface area contributed by atoms with Gasteiger partial charge >= 0.3 is 0 Å². The lowest BCUT2D eigenvalue weighted by Crippen LogP contribution is -2.31. The molecule has 27 heavy (non-hydrogen) atoms. The smallest absolute Gasteiger partial charge is 0.238 e. The molecule has 2 N–H and O–H groups in total. The van der Waals surface area contributed by atoms with Crippen LogP contribution in [0.3, 0.4) is 0 Å². The molecule has 0 aliphatic carbocycles. The van der Waals surface area contributed by atoms with E-state index in [1.807, 2.05) is 66.7 Å². The summed E-state index contributed by atoms with van der Waals surface area (Å²) in [6.07, 6.45) is 0. The molecule has 3 aromatic rings. The second-order valence-corrected chi connectivity index (χ2v) is 6.40. The van der Waals surface area contributed by atoms with Gasteiger partial charge in [0, 0.05) is 5.69 Å². The molecule has 0 saturated heterocycles. The van der Waals surface area contributed by atoms with Gasteiger partial charge in [-0.15, -0.1) is 0 Å². The number of carbonyl (C=O) groups is 1. The maximum atomic E-state index is 12.4. The number of hydrogen-bond acceptors (Lipinski definition) is 3. The first-order valence-corrected chi connectivity index (χ1v) is 8.88. The molecule has 0 saturated carbocycles. The lowest BCUT2D eigenvalue weighted by Gasteiger charge is -2.19. The number of halogens is 1. The fourth-order valence-corrected chi connectivity index (χ4v) is 3.03. The fraction of sp³-hybridized carbons (Fsp3) is 0.0909. The van der Waals surface area contributed by atoms with Gasteiger partial charge in [0.15, 0.2) is 0 Å². The molecule has 5 heteroatoms. The van der Waals surface area contributed by atoms with Crippen molar-refractivity contribution in [2.45, 2.75) is 6.04 Å². The number of nitrogens with zero attached hydrogens (tertiary/aromatic N) is 1. The van der Waals surface area contributed by atoms with Crippen LogP contribution in [0.25, 0.3) is 0 Å². The van der Waals surface area contributed by atoms with Crippen molar-refractivity contribution in [1.82, 2.24) is 5.32 Å². The standard InChI is InChI=1S/C22H18ClN3O/c23-20-13-19(12-11-18(20)14-24)26-21(27)15-25-22(16-7-3-1-4-8-16)17-9-5-2-6-10-17/h1-13,22,25H,15H2,(H,26,27). The molecule has 0 unspecified atom stereocenters. The van der Waals surface area contributed by atoms with Gasteiger partial charge in [0.05, 0.1) is 23.2 Å². The Morgan fingerprint density at radius 3 is 2.07 bits per heavy atom. The first-order valence-electron chi connectivity index (χ1n) is 8.50. The van der Waals surface area contributed by atoms with Crippen LogP contribution in [-0.4, -0.2) is 12.5 Å². The Balaban J connectivity index is 1.69. The van der Waals surface area contributed by atoms with Crippen LogP contribution in [0, 0.1) is 11.3 Å². The SMILES string of the molecule is N#Cc1ccc(NC(=O)CNC(c2ccccc2)c2ccccc2)cc1Cl. The second-order valence-electron chi connectivity index (χ2n) is 5.99. The van der Waals surface area contributed by atoms with Crippen molar-refractivity contribution in [2.24, 2.45) is 0 Å². The normalized spacial score (nSPS) is 10.4. The highest BCUT2D eigenvalue weighted by molar-refractivity contribution is 6.32. The van der Waals surface area contributed by atoms with Gasteiger partial charge in [-0.25, -0.2) is 0 Å². The van der Waals surface area contributed by atoms with Crippen LogP contribution in [0.1, 0.15) is 22.7 Å². The van der Waals surface area contributed by atoms with Gasteiger partial charge in [0.1, 0.15) is 6.07 Å². The summed E-state index contributed by atoms with van der Waals surface area (Å²) in [5.41, 5.74) is 3.10. The summed E-state index contributed by atoms with van der Waals surface area (Å²) < 4.78 is 0. The Bertz CT molecular complexity index is 913. The summed E-state index contributed by atoms with van der Waals surface area (Å²) in [4.78, 5) is 12.4. The molecule has 0 aromatic heterocycles. The highest BCUT2D eigenvalue weighted by Crippen LogP contribution is 2.22. The van der Waals surface area contributed by atoms with Gasteiger partial charge in [0.2, 0.25) is 5.91 Å².